The molecule has 0 unspecified atom stereocenters. The smallest absolute Gasteiger partial charge is 0.772 e. The fraction of sp³-hybridized carbons (Fsp3) is 0. The summed E-state index contributed by atoms with van der Waals surface area (Å²) in [6.45, 7) is 0. The minimum atomic E-state index is -1.08. The number of rotatable bonds is 0. The van der Waals surface area contributed by atoms with Crippen molar-refractivity contribution in [3.8, 4) is 0 Å². The zero-order valence-electron chi connectivity index (χ0n) is 3.03. The number of hydrogen-bond donors (Lipinski definition) is 0. The van der Waals surface area contributed by atoms with Crippen LogP contribution in [0.3, 0.4) is 0 Å². The summed E-state index contributed by atoms with van der Waals surface area (Å²) in [4.78, 5) is 16.7. The van der Waals surface area contributed by atoms with Crippen molar-refractivity contribution in [3.63, 3.8) is 0 Å². The third-order valence-electron chi connectivity index (χ3n) is 0. The molecule has 0 amide bonds. The van der Waals surface area contributed by atoms with Gasteiger partial charge in [0.15, 0.2) is 0 Å². The zero-order chi connectivity index (χ0) is 5.41. The van der Waals surface area contributed by atoms with Crippen LogP contribution in [0.25, 0.3) is 0 Å². The van der Waals surface area contributed by atoms with Crippen LogP contribution in [0.1, 0.15) is 0 Å². The fourth-order valence-electron chi connectivity index (χ4n) is 0. The van der Waals surface area contributed by atoms with Crippen molar-refractivity contribution in [2.24, 2.45) is 0 Å². The largest absolute Gasteiger partial charge is 2.00 e. The Balaban J connectivity index is -0.0000000400. The van der Waals surface area contributed by atoms with E-state index >= 15 is 0 Å². The van der Waals surface area contributed by atoms with Crippen molar-refractivity contribution < 1.29 is 18.9 Å². The van der Waals surface area contributed by atoms with Gasteiger partial charge in [0, 0.05) is 0 Å². The molecule has 38 valence electrons. The first kappa shape index (κ1) is 15.7. The van der Waals surface area contributed by atoms with E-state index in [0.717, 1.165) is 0 Å². The van der Waals surface area contributed by atoms with Crippen LogP contribution in [0.4, 0.5) is 0 Å². The predicted molar refractivity (Wildman–Crippen MR) is 21.0 cm³/mol. The Morgan fingerprint density at radius 1 is 1.00 bits per heavy atom. The molecule has 0 aromatic heterocycles. The summed E-state index contributed by atoms with van der Waals surface area (Å²) in [6.07, 6.45) is 0. The molecule has 0 N–H and O–H groups in total. The van der Waals surface area contributed by atoms with Crippen LogP contribution in [0.2, 0.25) is 0 Å². The second kappa shape index (κ2) is 27.8. The third-order valence-corrected chi connectivity index (χ3v) is 0. The van der Waals surface area contributed by atoms with Gasteiger partial charge in [0.05, 0.1) is 17.4 Å². The standard InChI is InChI=1S/2HO2P.Pb/c2*1-3-2;/h2*(H,1,2);/q;;+2/p-2. The van der Waals surface area contributed by atoms with E-state index in [-0.39, 0.29) is 27.3 Å². The summed E-state index contributed by atoms with van der Waals surface area (Å²) in [6, 6.07) is 0. The van der Waals surface area contributed by atoms with Gasteiger partial charge in [-0.3, -0.25) is 9.13 Å². The summed E-state index contributed by atoms with van der Waals surface area (Å²) in [5, 5.41) is 0. The van der Waals surface area contributed by atoms with Crippen LogP contribution >= 0.6 is 17.4 Å². The maximum absolute atomic E-state index is 8.35. The van der Waals surface area contributed by atoms with E-state index in [1.165, 1.54) is 0 Å². The van der Waals surface area contributed by atoms with E-state index in [1.807, 2.05) is 0 Å². The van der Waals surface area contributed by atoms with Crippen molar-refractivity contribution in [1.29, 1.82) is 0 Å². The summed E-state index contributed by atoms with van der Waals surface area (Å²) in [7, 11) is -2.17. The second-order valence-electron chi connectivity index (χ2n) is 0.149. The first-order valence-corrected chi connectivity index (χ1v) is 2.19. The Labute approximate surface area is 63.7 Å². The topological polar surface area (TPSA) is 80.3 Å². The van der Waals surface area contributed by atoms with Crippen molar-refractivity contribution in [2.45, 2.75) is 0 Å². The van der Waals surface area contributed by atoms with Crippen molar-refractivity contribution in [3.05, 3.63) is 0 Å². The molecule has 0 heterocycles. The minimum Gasteiger partial charge on any atom is -0.772 e. The zero-order valence-corrected chi connectivity index (χ0v) is 8.70. The molecule has 0 rings (SSSR count). The summed E-state index contributed by atoms with van der Waals surface area (Å²) in [5.41, 5.74) is 0. The Morgan fingerprint density at radius 2 is 1.00 bits per heavy atom. The van der Waals surface area contributed by atoms with Gasteiger partial charge in [-0.1, -0.05) is 0 Å². The molecular weight excluding hydrogens is 333 g/mol. The molecule has 0 aliphatic heterocycles. The van der Waals surface area contributed by atoms with E-state index < -0.39 is 17.4 Å². The molecule has 0 aromatic carbocycles. The molecule has 7 heteroatoms. The first-order chi connectivity index (χ1) is 2.83. The van der Waals surface area contributed by atoms with Gasteiger partial charge >= 0.3 is 27.3 Å². The van der Waals surface area contributed by atoms with Crippen LogP contribution < -0.4 is 9.79 Å². The molecule has 0 fully saturated rings. The molecule has 0 spiro atoms. The minimum absolute atomic E-state index is 0. The third kappa shape index (κ3) is 165. The SMILES string of the molecule is O=P[O-].O=P[O-].[Pb+2]. The van der Waals surface area contributed by atoms with Gasteiger partial charge in [0.25, 0.3) is 0 Å². The van der Waals surface area contributed by atoms with Gasteiger partial charge in [0.1, 0.15) is 0 Å². The Morgan fingerprint density at radius 3 is 1.00 bits per heavy atom. The second-order valence-corrected chi connectivity index (χ2v) is 0.447. The fourth-order valence-corrected chi connectivity index (χ4v) is 0. The van der Waals surface area contributed by atoms with Gasteiger partial charge in [-0.05, 0) is 0 Å². The molecule has 0 aliphatic rings. The van der Waals surface area contributed by atoms with E-state index in [4.69, 9.17) is 18.9 Å². The molecule has 0 bridgehead atoms. The van der Waals surface area contributed by atoms with Gasteiger partial charge in [-0.25, -0.2) is 0 Å². The van der Waals surface area contributed by atoms with Crippen LogP contribution in [0.5, 0.6) is 0 Å². The Hall–Kier alpha value is 1.04. The van der Waals surface area contributed by atoms with Crippen LogP contribution in [0.15, 0.2) is 0 Å². The predicted octanol–water partition coefficient (Wildman–Crippen LogP) is -1.27. The van der Waals surface area contributed by atoms with Gasteiger partial charge in [-0.15, -0.1) is 0 Å². The van der Waals surface area contributed by atoms with Gasteiger partial charge in [-0.2, -0.15) is 0 Å². The average Bonchev–Trinajstić information content (AvgIpc) is 1.39. The maximum atomic E-state index is 8.35. The quantitative estimate of drug-likeness (QED) is 0.409. The van der Waals surface area contributed by atoms with E-state index in [0.29, 0.717) is 0 Å². The molecule has 4 nitrogen and oxygen atoms in total. The van der Waals surface area contributed by atoms with Gasteiger partial charge in [0.2, 0.25) is 0 Å². The van der Waals surface area contributed by atoms with Crippen molar-refractivity contribution >= 4 is 44.7 Å². The Kier molecular flexibility index (Phi) is 62.3. The molecule has 2 radical (unpaired) electrons. The van der Waals surface area contributed by atoms with Gasteiger partial charge < -0.3 is 9.79 Å². The van der Waals surface area contributed by atoms with Crippen molar-refractivity contribution in [1.82, 2.24) is 0 Å². The van der Waals surface area contributed by atoms with E-state index in [9.17, 15) is 0 Å². The summed E-state index contributed by atoms with van der Waals surface area (Å²) >= 11 is 0. The van der Waals surface area contributed by atoms with Crippen LogP contribution in [-0.2, 0) is 9.13 Å². The molecule has 0 atom stereocenters. The Bertz CT molecular complexity index is 30.7. The molecule has 0 aliphatic carbocycles. The molecule has 0 aromatic rings. The first-order valence-electron chi connectivity index (χ1n) is 0.730. The summed E-state index contributed by atoms with van der Waals surface area (Å²) < 4.78 is 16.7. The van der Waals surface area contributed by atoms with E-state index in [2.05, 4.69) is 0 Å². The monoisotopic (exact) mass is 334 g/mol. The van der Waals surface area contributed by atoms with Crippen molar-refractivity contribution in [2.75, 3.05) is 0 Å². The molecule has 7 heavy (non-hydrogen) atoms. The van der Waals surface area contributed by atoms with E-state index in [1.54, 1.807) is 0 Å². The van der Waals surface area contributed by atoms with Crippen LogP contribution in [-0.4, -0.2) is 27.3 Å². The molecule has 0 saturated heterocycles. The summed E-state index contributed by atoms with van der Waals surface area (Å²) in [5.74, 6) is 0. The molecule has 0 saturated carbocycles. The average molecular weight is 333 g/mol. The molecular formula is O4P2Pb. The maximum Gasteiger partial charge on any atom is 2.00 e. The van der Waals surface area contributed by atoms with Crippen LogP contribution in [0, 0.1) is 0 Å². The number of hydrogen-bond acceptors (Lipinski definition) is 4. The normalized spacial score (nSPS) is 6.00.